The average Bonchev–Trinajstić information content (AvgIpc) is 3.07. The van der Waals surface area contributed by atoms with E-state index in [4.69, 9.17) is 9.84 Å². The van der Waals surface area contributed by atoms with Crippen LogP contribution in [-0.4, -0.2) is 34.3 Å². The van der Waals surface area contributed by atoms with Crippen LogP contribution < -0.4 is 5.43 Å². The van der Waals surface area contributed by atoms with Gasteiger partial charge < -0.3 is 19.8 Å². The first-order chi connectivity index (χ1) is 12.7. The largest absolute Gasteiger partial charge is 0.459 e. The van der Waals surface area contributed by atoms with Gasteiger partial charge in [0.25, 0.3) is 0 Å². The zero-order valence-electron chi connectivity index (χ0n) is 13.8. The summed E-state index contributed by atoms with van der Waals surface area (Å²) >= 11 is 0. The molecule has 0 saturated carbocycles. The number of nitrogens with one attached hydrogen (secondary N) is 2. The average molecular weight is 348 g/mol. The SMILES string of the molecule is O=C(OCCO)c1[nH]c2[nH]c3ccccc3c(=O)c2c1-c1ccccc1. The van der Waals surface area contributed by atoms with Gasteiger partial charge in [-0.3, -0.25) is 4.79 Å². The first kappa shape index (κ1) is 16.1. The fourth-order valence-corrected chi connectivity index (χ4v) is 3.14. The molecule has 0 amide bonds. The number of hydrogen-bond donors (Lipinski definition) is 3. The van der Waals surface area contributed by atoms with E-state index in [2.05, 4.69) is 9.97 Å². The number of aromatic amines is 2. The molecule has 0 bridgehead atoms. The molecule has 0 spiro atoms. The van der Waals surface area contributed by atoms with Crippen LogP contribution in [0, 0.1) is 0 Å². The van der Waals surface area contributed by atoms with Crippen LogP contribution in [0.1, 0.15) is 10.5 Å². The van der Waals surface area contributed by atoms with Gasteiger partial charge in [0.2, 0.25) is 0 Å². The maximum atomic E-state index is 13.1. The molecule has 6 nitrogen and oxygen atoms in total. The molecule has 4 aromatic rings. The molecule has 0 aliphatic heterocycles. The van der Waals surface area contributed by atoms with E-state index in [-0.39, 0.29) is 24.3 Å². The summed E-state index contributed by atoms with van der Waals surface area (Å²) < 4.78 is 5.07. The summed E-state index contributed by atoms with van der Waals surface area (Å²) in [6.45, 7) is -0.381. The molecule has 0 fully saturated rings. The second-order valence-corrected chi connectivity index (χ2v) is 5.85. The third-order valence-electron chi connectivity index (χ3n) is 4.25. The number of pyridine rings is 1. The minimum absolute atomic E-state index is 0.113. The molecule has 0 saturated heterocycles. The molecule has 26 heavy (non-hydrogen) atoms. The molecule has 0 unspecified atom stereocenters. The maximum Gasteiger partial charge on any atom is 0.355 e. The Labute approximate surface area is 148 Å². The van der Waals surface area contributed by atoms with Crippen LogP contribution in [0.3, 0.4) is 0 Å². The number of hydrogen-bond acceptors (Lipinski definition) is 4. The summed E-state index contributed by atoms with van der Waals surface area (Å²) in [7, 11) is 0. The van der Waals surface area contributed by atoms with Crippen molar-refractivity contribution in [3.63, 3.8) is 0 Å². The molecule has 2 aromatic carbocycles. The summed E-state index contributed by atoms with van der Waals surface area (Å²) in [6.07, 6.45) is 0. The first-order valence-electron chi connectivity index (χ1n) is 8.21. The monoisotopic (exact) mass is 348 g/mol. The number of esters is 1. The van der Waals surface area contributed by atoms with Crippen molar-refractivity contribution < 1.29 is 14.6 Å². The van der Waals surface area contributed by atoms with Crippen LogP contribution in [-0.2, 0) is 4.74 Å². The lowest BCUT2D eigenvalue weighted by molar-refractivity contribution is 0.0429. The summed E-state index contributed by atoms with van der Waals surface area (Å²) in [5, 5.41) is 9.87. The van der Waals surface area contributed by atoms with Crippen LogP contribution in [0.15, 0.2) is 59.4 Å². The quantitative estimate of drug-likeness (QED) is 0.494. The summed E-state index contributed by atoms with van der Waals surface area (Å²) in [5.41, 5.74) is 2.39. The lowest BCUT2D eigenvalue weighted by Gasteiger charge is -2.05. The number of para-hydroxylation sites is 1. The highest BCUT2D eigenvalue weighted by molar-refractivity contribution is 6.09. The van der Waals surface area contributed by atoms with E-state index >= 15 is 0 Å². The molecular weight excluding hydrogens is 332 g/mol. The van der Waals surface area contributed by atoms with Crippen LogP contribution >= 0.6 is 0 Å². The van der Waals surface area contributed by atoms with Gasteiger partial charge in [-0.15, -0.1) is 0 Å². The summed E-state index contributed by atoms with van der Waals surface area (Å²) in [6, 6.07) is 16.4. The number of H-pyrrole nitrogens is 2. The first-order valence-corrected chi connectivity index (χ1v) is 8.21. The van der Waals surface area contributed by atoms with Gasteiger partial charge in [-0.05, 0) is 17.7 Å². The molecule has 4 rings (SSSR count). The van der Waals surface area contributed by atoms with Crippen molar-refractivity contribution in [3.8, 4) is 11.1 Å². The van der Waals surface area contributed by atoms with Crippen molar-refractivity contribution >= 4 is 27.9 Å². The minimum Gasteiger partial charge on any atom is -0.459 e. The van der Waals surface area contributed by atoms with E-state index in [0.29, 0.717) is 27.5 Å². The topological polar surface area (TPSA) is 95.2 Å². The van der Waals surface area contributed by atoms with Gasteiger partial charge in [0, 0.05) is 10.9 Å². The molecule has 0 aliphatic carbocycles. The van der Waals surface area contributed by atoms with Gasteiger partial charge in [-0.1, -0.05) is 42.5 Å². The minimum atomic E-state index is -0.619. The summed E-state index contributed by atoms with van der Waals surface area (Å²) in [4.78, 5) is 31.8. The number of aromatic nitrogens is 2. The Kier molecular flexibility index (Phi) is 4.02. The van der Waals surface area contributed by atoms with Crippen molar-refractivity contribution in [1.82, 2.24) is 9.97 Å². The highest BCUT2D eigenvalue weighted by Gasteiger charge is 2.23. The molecule has 6 heteroatoms. The zero-order chi connectivity index (χ0) is 18.1. The van der Waals surface area contributed by atoms with Gasteiger partial charge in [0.1, 0.15) is 17.9 Å². The molecule has 0 atom stereocenters. The number of ether oxygens (including phenoxy) is 1. The van der Waals surface area contributed by atoms with Gasteiger partial charge in [0.15, 0.2) is 5.43 Å². The number of carbonyl (C=O) groups excluding carboxylic acids is 1. The second-order valence-electron chi connectivity index (χ2n) is 5.85. The van der Waals surface area contributed by atoms with Crippen molar-refractivity contribution in [2.75, 3.05) is 13.2 Å². The maximum absolute atomic E-state index is 13.1. The fraction of sp³-hybridized carbons (Fsp3) is 0.100. The number of aliphatic hydroxyl groups excluding tert-OH is 1. The lowest BCUT2D eigenvalue weighted by atomic mass is 10.0. The van der Waals surface area contributed by atoms with E-state index in [0.717, 1.165) is 5.56 Å². The standard InChI is InChI=1S/C20H16N2O4/c23-10-11-26-20(25)17-15(12-6-2-1-3-7-12)16-18(24)13-8-4-5-9-14(13)21-19(16)22-17/h1-9,23H,10-11H2,(H2,21,22,24). The predicted molar refractivity (Wildman–Crippen MR) is 99.2 cm³/mol. The number of carbonyl (C=O) groups is 1. The lowest BCUT2D eigenvalue weighted by Crippen LogP contribution is -2.10. The zero-order valence-corrected chi connectivity index (χ0v) is 13.8. The van der Waals surface area contributed by atoms with E-state index in [1.54, 1.807) is 12.1 Å². The summed E-state index contributed by atoms with van der Waals surface area (Å²) in [5.74, 6) is -0.619. The molecule has 130 valence electrons. The molecule has 0 radical (unpaired) electrons. The molecule has 0 aliphatic rings. The van der Waals surface area contributed by atoms with Gasteiger partial charge in [-0.25, -0.2) is 4.79 Å². The van der Waals surface area contributed by atoms with Crippen molar-refractivity contribution in [2.45, 2.75) is 0 Å². The van der Waals surface area contributed by atoms with Crippen LogP contribution in [0.5, 0.6) is 0 Å². The molecule has 2 heterocycles. The number of benzene rings is 2. The van der Waals surface area contributed by atoms with Crippen LogP contribution in [0.2, 0.25) is 0 Å². The van der Waals surface area contributed by atoms with E-state index in [1.165, 1.54) is 0 Å². The van der Waals surface area contributed by atoms with Crippen LogP contribution in [0.25, 0.3) is 33.1 Å². The van der Waals surface area contributed by atoms with Crippen LogP contribution in [0.4, 0.5) is 0 Å². The number of aliphatic hydroxyl groups is 1. The highest BCUT2D eigenvalue weighted by atomic mass is 16.5. The van der Waals surface area contributed by atoms with Crippen molar-refractivity contribution in [3.05, 3.63) is 70.5 Å². The van der Waals surface area contributed by atoms with Gasteiger partial charge >= 0.3 is 5.97 Å². The van der Waals surface area contributed by atoms with Crippen molar-refractivity contribution in [2.24, 2.45) is 0 Å². The van der Waals surface area contributed by atoms with E-state index in [1.807, 2.05) is 42.5 Å². The van der Waals surface area contributed by atoms with E-state index in [9.17, 15) is 9.59 Å². The third-order valence-corrected chi connectivity index (χ3v) is 4.25. The normalized spacial score (nSPS) is 11.1. The number of fused-ring (bicyclic) bond motifs is 2. The third kappa shape index (κ3) is 2.57. The smallest absolute Gasteiger partial charge is 0.355 e. The fourth-order valence-electron chi connectivity index (χ4n) is 3.14. The Hall–Kier alpha value is -3.38. The molecule has 2 aromatic heterocycles. The Morgan fingerprint density at radius 2 is 1.73 bits per heavy atom. The Morgan fingerprint density at radius 3 is 2.50 bits per heavy atom. The Balaban J connectivity index is 2.07. The molecular formula is C20H16N2O4. The van der Waals surface area contributed by atoms with Gasteiger partial charge in [-0.2, -0.15) is 0 Å². The Bertz CT molecular complexity index is 1160. The number of rotatable bonds is 4. The van der Waals surface area contributed by atoms with Crippen molar-refractivity contribution in [1.29, 1.82) is 0 Å². The van der Waals surface area contributed by atoms with E-state index < -0.39 is 5.97 Å². The Morgan fingerprint density at radius 1 is 1.00 bits per heavy atom. The molecule has 3 N–H and O–H groups in total. The predicted octanol–water partition coefficient (Wildman–Crippen LogP) is 2.83. The van der Waals surface area contributed by atoms with Gasteiger partial charge in [0.05, 0.1) is 17.5 Å². The second kappa shape index (κ2) is 6.50. The highest BCUT2D eigenvalue weighted by Crippen LogP contribution is 2.31.